The molecular weight excluding hydrogens is 402 g/mol. The number of benzene rings is 2. The SMILES string of the molecule is O=[N+]([O-])c1cc(Br)ccc1NCc1c(Cl)ccc(Cl)c1Cl. The van der Waals surface area contributed by atoms with Crippen LogP contribution in [0.25, 0.3) is 0 Å². The molecule has 0 unspecified atom stereocenters. The molecule has 0 aliphatic carbocycles. The number of nitro benzene ring substituents is 1. The van der Waals surface area contributed by atoms with Gasteiger partial charge in [-0.25, -0.2) is 0 Å². The Kier molecular flexibility index (Phi) is 5.32. The highest BCUT2D eigenvalue weighted by Gasteiger charge is 2.15. The molecule has 0 radical (unpaired) electrons. The maximum absolute atomic E-state index is 11.0. The number of hydrogen-bond donors (Lipinski definition) is 1. The Hall–Kier alpha value is -1.01. The van der Waals surface area contributed by atoms with Gasteiger partial charge in [0.1, 0.15) is 5.69 Å². The van der Waals surface area contributed by atoms with Crippen LogP contribution >= 0.6 is 50.7 Å². The van der Waals surface area contributed by atoms with E-state index < -0.39 is 4.92 Å². The Balaban J connectivity index is 2.29. The van der Waals surface area contributed by atoms with E-state index in [0.717, 1.165) is 0 Å². The normalized spacial score (nSPS) is 10.5. The summed E-state index contributed by atoms with van der Waals surface area (Å²) in [4.78, 5) is 10.6. The molecule has 0 saturated carbocycles. The first kappa shape index (κ1) is 16.4. The van der Waals surface area contributed by atoms with Gasteiger partial charge in [-0.3, -0.25) is 10.1 Å². The van der Waals surface area contributed by atoms with Crippen LogP contribution in [0.4, 0.5) is 11.4 Å². The fraction of sp³-hybridized carbons (Fsp3) is 0.0769. The van der Waals surface area contributed by atoms with Gasteiger partial charge in [0.25, 0.3) is 5.69 Å². The molecule has 0 aliphatic rings. The third-order valence-corrected chi connectivity index (χ3v) is 4.44. The predicted octanol–water partition coefficient (Wildman–Crippen LogP) is 5.93. The standard InChI is InChI=1S/C13H8BrCl3N2O2/c14-7-1-4-11(12(5-7)19(20)21)18-6-8-9(15)2-3-10(16)13(8)17/h1-5,18H,6H2. The van der Waals surface area contributed by atoms with Crippen LogP contribution in [0, 0.1) is 10.1 Å². The maximum atomic E-state index is 11.0. The molecule has 0 spiro atoms. The van der Waals surface area contributed by atoms with Gasteiger partial charge in [-0.15, -0.1) is 0 Å². The average molecular weight is 410 g/mol. The van der Waals surface area contributed by atoms with Gasteiger partial charge in [0.15, 0.2) is 0 Å². The van der Waals surface area contributed by atoms with E-state index >= 15 is 0 Å². The Morgan fingerprint density at radius 3 is 2.48 bits per heavy atom. The molecule has 21 heavy (non-hydrogen) atoms. The monoisotopic (exact) mass is 408 g/mol. The van der Waals surface area contributed by atoms with Gasteiger partial charge in [0.05, 0.1) is 15.0 Å². The van der Waals surface area contributed by atoms with Crippen molar-refractivity contribution in [2.24, 2.45) is 0 Å². The van der Waals surface area contributed by atoms with Crippen molar-refractivity contribution in [1.29, 1.82) is 0 Å². The van der Waals surface area contributed by atoms with Gasteiger partial charge in [-0.05, 0) is 24.3 Å². The Bertz CT molecular complexity index is 710. The summed E-state index contributed by atoms with van der Waals surface area (Å²) in [6.45, 7) is 0.223. The van der Waals surface area contributed by atoms with Crippen LogP contribution in [0.15, 0.2) is 34.8 Å². The minimum absolute atomic E-state index is 0.0429. The fourth-order valence-electron chi connectivity index (χ4n) is 1.72. The average Bonchev–Trinajstić information content (AvgIpc) is 2.44. The van der Waals surface area contributed by atoms with Crippen LogP contribution in [0.5, 0.6) is 0 Å². The van der Waals surface area contributed by atoms with Gasteiger partial charge in [-0.1, -0.05) is 50.7 Å². The third-order valence-electron chi connectivity index (χ3n) is 2.75. The quantitative estimate of drug-likeness (QED) is 0.386. The summed E-state index contributed by atoms with van der Waals surface area (Å²) in [5.41, 5.74) is 0.914. The highest BCUT2D eigenvalue weighted by molar-refractivity contribution is 9.10. The van der Waals surface area contributed by atoms with Gasteiger partial charge in [0, 0.05) is 27.7 Å². The topological polar surface area (TPSA) is 55.2 Å². The predicted molar refractivity (Wildman–Crippen MR) is 89.6 cm³/mol. The summed E-state index contributed by atoms with van der Waals surface area (Å²) < 4.78 is 0.624. The summed E-state index contributed by atoms with van der Waals surface area (Å²) in [5.74, 6) is 0. The van der Waals surface area contributed by atoms with E-state index in [0.29, 0.717) is 30.8 Å². The van der Waals surface area contributed by atoms with E-state index in [2.05, 4.69) is 21.2 Å². The molecule has 0 saturated heterocycles. The lowest BCUT2D eigenvalue weighted by Crippen LogP contribution is -2.04. The molecule has 0 atom stereocenters. The zero-order valence-corrected chi connectivity index (χ0v) is 14.2. The second-order valence-electron chi connectivity index (χ2n) is 4.09. The molecule has 0 amide bonds. The molecule has 0 heterocycles. The highest BCUT2D eigenvalue weighted by Crippen LogP contribution is 2.33. The van der Waals surface area contributed by atoms with Crippen molar-refractivity contribution in [2.75, 3.05) is 5.32 Å². The van der Waals surface area contributed by atoms with Crippen molar-refractivity contribution in [3.8, 4) is 0 Å². The van der Waals surface area contributed by atoms with Gasteiger partial charge >= 0.3 is 0 Å². The van der Waals surface area contributed by atoms with Crippen LogP contribution in [0.3, 0.4) is 0 Å². The molecule has 0 bridgehead atoms. The van der Waals surface area contributed by atoms with E-state index in [1.54, 1.807) is 24.3 Å². The highest BCUT2D eigenvalue weighted by atomic mass is 79.9. The van der Waals surface area contributed by atoms with Crippen molar-refractivity contribution in [1.82, 2.24) is 0 Å². The zero-order valence-electron chi connectivity index (χ0n) is 10.4. The summed E-state index contributed by atoms with van der Waals surface area (Å²) in [6, 6.07) is 7.95. The summed E-state index contributed by atoms with van der Waals surface area (Å²) >= 11 is 21.3. The van der Waals surface area contributed by atoms with Crippen molar-refractivity contribution >= 4 is 62.1 Å². The van der Waals surface area contributed by atoms with Crippen molar-refractivity contribution in [3.05, 3.63) is 65.6 Å². The first-order valence-corrected chi connectivity index (χ1v) is 7.63. The molecule has 4 nitrogen and oxygen atoms in total. The largest absolute Gasteiger partial charge is 0.375 e. The third kappa shape index (κ3) is 3.80. The van der Waals surface area contributed by atoms with Crippen LogP contribution in [0.2, 0.25) is 15.1 Å². The Labute approximate surface area is 144 Å². The summed E-state index contributed by atoms with van der Waals surface area (Å²) in [6.07, 6.45) is 0. The minimum Gasteiger partial charge on any atom is -0.375 e. The lowest BCUT2D eigenvalue weighted by atomic mass is 10.2. The molecule has 0 aromatic heterocycles. The number of hydrogen-bond acceptors (Lipinski definition) is 3. The van der Waals surface area contributed by atoms with Crippen LogP contribution < -0.4 is 5.32 Å². The van der Waals surface area contributed by atoms with E-state index in [1.807, 2.05) is 0 Å². The number of rotatable bonds is 4. The Morgan fingerprint density at radius 1 is 1.14 bits per heavy atom. The molecule has 0 fully saturated rings. The van der Waals surface area contributed by atoms with Gasteiger partial charge in [-0.2, -0.15) is 0 Å². The number of anilines is 1. The lowest BCUT2D eigenvalue weighted by molar-refractivity contribution is -0.384. The molecule has 0 aliphatic heterocycles. The zero-order chi connectivity index (χ0) is 15.6. The maximum Gasteiger partial charge on any atom is 0.293 e. The lowest BCUT2D eigenvalue weighted by Gasteiger charge is -2.11. The van der Waals surface area contributed by atoms with Crippen LogP contribution in [0.1, 0.15) is 5.56 Å². The van der Waals surface area contributed by atoms with Crippen LogP contribution in [-0.2, 0) is 6.54 Å². The molecule has 2 aromatic rings. The van der Waals surface area contributed by atoms with Crippen molar-refractivity contribution < 1.29 is 4.92 Å². The summed E-state index contributed by atoms with van der Waals surface area (Å²) in [7, 11) is 0. The van der Waals surface area contributed by atoms with Crippen molar-refractivity contribution in [3.63, 3.8) is 0 Å². The molecule has 8 heteroatoms. The van der Waals surface area contributed by atoms with Gasteiger partial charge in [0.2, 0.25) is 0 Å². The first-order chi connectivity index (χ1) is 9.90. The second-order valence-corrected chi connectivity index (χ2v) is 6.20. The van der Waals surface area contributed by atoms with Crippen molar-refractivity contribution in [2.45, 2.75) is 6.54 Å². The van der Waals surface area contributed by atoms with E-state index in [1.165, 1.54) is 6.07 Å². The van der Waals surface area contributed by atoms with Crippen LogP contribution in [-0.4, -0.2) is 4.92 Å². The number of nitro groups is 1. The van der Waals surface area contributed by atoms with E-state index in [4.69, 9.17) is 34.8 Å². The number of nitrogens with zero attached hydrogens (tertiary/aromatic N) is 1. The van der Waals surface area contributed by atoms with E-state index in [9.17, 15) is 10.1 Å². The minimum atomic E-state index is -0.464. The molecular formula is C13H8BrCl3N2O2. The Morgan fingerprint density at radius 2 is 1.81 bits per heavy atom. The number of halogens is 4. The molecule has 2 rings (SSSR count). The molecule has 1 N–H and O–H groups in total. The van der Waals surface area contributed by atoms with E-state index in [-0.39, 0.29) is 12.2 Å². The number of nitrogens with one attached hydrogen (secondary N) is 1. The molecule has 2 aromatic carbocycles. The second kappa shape index (κ2) is 6.83. The molecule has 110 valence electrons. The summed E-state index contributed by atoms with van der Waals surface area (Å²) in [5, 5.41) is 15.2. The fourth-order valence-corrected chi connectivity index (χ4v) is 2.75. The first-order valence-electron chi connectivity index (χ1n) is 5.70. The van der Waals surface area contributed by atoms with Gasteiger partial charge < -0.3 is 5.32 Å². The smallest absolute Gasteiger partial charge is 0.293 e.